The maximum Gasteiger partial charge on any atom is 0.245 e. The van der Waals surface area contributed by atoms with Gasteiger partial charge in [0.05, 0.1) is 16.8 Å². The van der Waals surface area contributed by atoms with E-state index in [4.69, 9.17) is 4.84 Å². The van der Waals surface area contributed by atoms with Crippen molar-refractivity contribution in [3.8, 4) is 0 Å². The summed E-state index contributed by atoms with van der Waals surface area (Å²) in [5.41, 5.74) is 10.6. The third-order valence-electron chi connectivity index (χ3n) is 14.6. The van der Waals surface area contributed by atoms with Crippen LogP contribution in [0.1, 0.15) is 113 Å². The van der Waals surface area contributed by atoms with Gasteiger partial charge in [0.25, 0.3) is 0 Å². The van der Waals surface area contributed by atoms with Crippen LogP contribution in [-0.2, 0) is 9.63 Å². The van der Waals surface area contributed by atoms with Crippen LogP contribution in [-0.4, -0.2) is 18.2 Å². The van der Waals surface area contributed by atoms with Crippen molar-refractivity contribution < 1.29 is 9.63 Å². The number of nitrogens with zero attached hydrogens (tertiary/aromatic N) is 1. The van der Waals surface area contributed by atoms with Gasteiger partial charge in [0.1, 0.15) is 6.61 Å². The molecule has 1 aromatic rings. The minimum atomic E-state index is -0.346. The Morgan fingerprint density at radius 2 is 1.70 bits per heavy atom. The number of hydrogen-bond acceptors (Lipinski definition) is 4. The van der Waals surface area contributed by atoms with Gasteiger partial charge in [-0.2, -0.15) is 0 Å². The van der Waals surface area contributed by atoms with Crippen molar-refractivity contribution >= 4 is 17.3 Å². The van der Waals surface area contributed by atoms with E-state index in [1.807, 2.05) is 37.3 Å². The SMILES string of the molecule is CCO/N=C1\CC[C@]2(C)[C@H]3CC=C4[C@@H]5[C@@H](C)[C@H](C)CC[C@]5(C(=O)NNc5ccccc5)CC[C@@]4(C)[C@]3(C)CC[C@H]2C1(C)C. The molecule has 1 amide bonds. The van der Waals surface area contributed by atoms with E-state index in [2.05, 4.69) is 70.5 Å². The van der Waals surface area contributed by atoms with Crippen LogP contribution in [0.5, 0.6) is 0 Å². The Morgan fingerprint density at radius 3 is 2.42 bits per heavy atom. The molecule has 6 rings (SSSR count). The number of fused-ring (bicyclic) bond motifs is 7. The van der Waals surface area contributed by atoms with Crippen LogP contribution in [0.25, 0.3) is 0 Å². The molecule has 5 heteroatoms. The number of amides is 1. The lowest BCUT2D eigenvalue weighted by Gasteiger charge is -2.71. The largest absolute Gasteiger partial charge is 0.396 e. The molecule has 0 saturated heterocycles. The summed E-state index contributed by atoms with van der Waals surface area (Å²) in [5.74, 6) is 2.84. The number of carbonyl (C=O) groups is 1. The molecule has 0 aromatic heterocycles. The molecule has 236 valence electrons. The van der Waals surface area contributed by atoms with Crippen molar-refractivity contribution in [1.82, 2.24) is 5.43 Å². The molecule has 4 fully saturated rings. The molecule has 0 spiro atoms. The number of allylic oxidation sites excluding steroid dienone is 2. The molecule has 5 nitrogen and oxygen atoms in total. The fourth-order valence-corrected chi connectivity index (χ4v) is 11.8. The van der Waals surface area contributed by atoms with E-state index in [0.29, 0.717) is 36.2 Å². The highest BCUT2D eigenvalue weighted by atomic mass is 16.6. The number of hydrazine groups is 1. The summed E-state index contributed by atoms with van der Waals surface area (Å²) >= 11 is 0. The number of nitrogens with one attached hydrogen (secondary N) is 2. The van der Waals surface area contributed by atoms with Crippen LogP contribution in [0.15, 0.2) is 47.1 Å². The van der Waals surface area contributed by atoms with Crippen molar-refractivity contribution in [3.05, 3.63) is 42.0 Å². The lowest BCUT2D eigenvalue weighted by molar-refractivity contribution is -0.172. The topological polar surface area (TPSA) is 62.7 Å². The first-order chi connectivity index (χ1) is 20.3. The molecule has 9 atom stereocenters. The summed E-state index contributed by atoms with van der Waals surface area (Å²) in [4.78, 5) is 19.9. The van der Waals surface area contributed by atoms with Gasteiger partial charge in [-0.25, -0.2) is 0 Å². The fraction of sp³-hybridized carbons (Fsp3) is 0.737. The van der Waals surface area contributed by atoms with Crippen molar-refractivity contribution in [3.63, 3.8) is 0 Å². The summed E-state index contributed by atoms with van der Waals surface area (Å²) in [6, 6.07) is 10.0. The quantitative estimate of drug-likeness (QED) is 0.267. The third kappa shape index (κ3) is 4.36. The molecular formula is C38H57N3O2. The molecule has 43 heavy (non-hydrogen) atoms. The number of oxime groups is 1. The van der Waals surface area contributed by atoms with Crippen LogP contribution in [0.3, 0.4) is 0 Å². The van der Waals surface area contributed by atoms with Crippen LogP contribution >= 0.6 is 0 Å². The van der Waals surface area contributed by atoms with E-state index >= 15 is 0 Å². The number of benzene rings is 1. The number of carbonyl (C=O) groups excluding carboxylic acids is 1. The van der Waals surface area contributed by atoms with Crippen molar-refractivity contribution in [2.24, 2.45) is 61.8 Å². The summed E-state index contributed by atoms with van der Waals surface area (Å²) in [6.45, 7) is 20.3. The van der Waals surface area contributed by atoms with Gasteiger partial charge in [-0.15, -0.1) is 0 Å². The zero-order chi connectivity index (χ0) is 30.8. The molecule has 0 heterocycles. The highest BCUT2D eigenvalue weighted by Crippen LogP contribution is 2.75. The van der Waals surface area contributed by atoms with Gasteiger partial charge in [-0.05, 0) is 123 Å². The Labute approximate surface area is 261 Å². The Morgan fingerprint density at radius 1 is 0.953 bits per heavy atom. The third-order valence-corrected chi connectivity index (χ3v) is 14.6. The molecule has 0 bridgehead atoms. The van der Waals surface area contributed by atoms with Gasteiger partial charge in [0, 0.05) is 5.41 Å². The molecule has 4 saturated carbocycles. The summed E-state index contributed by atoms with van der Waals surface area (Å²) in [7, 11) is 0. The Bertz CT molecular complexity index is 1290. The van der Waals surface area contributed by atoms with Gasteiger partial charge in [-0.3, -0.25) is 15.6 Å². The molecule has 0 radical (unpaired) electrons. The van der Waals surface area contributed by atoms with E-state index in [1.165, 1.54) is 25.0 Å². The van der Waals surface area contributed by atoms with E-state index < -0.39 is 0 Å². The average Bonchev–Trinajstić information content (AvgIpc) is 2.98. The van der Waals surface area contributed by atoms with Crippen molar-refractivity contribution in [2.45, 2.75) is 113 Å². The van der Waals surface area contributed by atoms with Gasteiger partial charge < -0.3 is 4.84 Å². The van der Waals surface area contributed by atoms with Gasteiger partial charge in [0.2, 0.25) is 5.91 Å². The summed E-state index contributed by atoms with van der Waals surface area (Å²) in [6.07, 6.45) is 12.7. The molecule has 5 aliphatic rings. The number of rotatable bonds is 5. The van der Waals surface area contributed by atoms with Crippen molar-refractivity contribution in [2.75, 3.05) is 12.0 Å². The molecule has 5 aliphatic carbocycles. The molecule has 1 aromatic carbocycles. The second-order valence-corrected chi connectivity index (χ2v) is 16.4. The number of para-hydroxylation sites is 1. The second kappa shape index (κ2) is 10.7. The van der Waals surface area contributed by atoms with Gasteiger partial charge in [0.15, 0.2) is 0 Å². The standard InChI is InChI=1S/C38H57N3O2/c1-9-43-41-31-19-20-35(6)29(34(31,4)5)18-21-37(8)30(35)16-15-28-32-26(3)25(2)17-22-38(32,24-23-36(28,37)7)33(42)40-39-27-13-11-10-12-14-27/h10-15,25-26,29-30,32,39H,9,16-24H2,1-8H3,(H,40,42)/b41-31+/t25-,26+,29+,30-,32+,35+,36-,37-,38+/m1/s1. The Balaban J connectivity index is 1.35. The minimum Gasteiger partial charge on any atom is -0.396 e. The smallest absolute Gasteiger partial charge is 0.245 e. The van der Waals surface area contributed by atoms with Crippen molar-refractivity contribution in [1.29, 1.82) is 0 Å². The maximum atomic E-state index is 14.3. The van der Waals surface area contributed by atoms with Crippen LogP contribution < -0.4 is 10.9 Å². The molecule has 0 unspecified atom stereocenters. The van der Waals surface area contributed by atoms with E-state index in [9.17, 15) is 4.79 Å². The highest BCUT2D eigenvalue weighted by Gasteiger charge is 2.69. The molecular weight excluding hydrogens is 530 g/mol. The van der Waals surface area contributed by atoms with Gasteiger partial charge in [-0.1, -0.05) is 83.5 Å². The van der Waals surface area contributed by atoms with Crippen LogP contribution in [0, 0.1) is 56.7 Å². The summed E-state index contributed by atoms with van der Waals surface area (Å²) < 4.78 is 0. The first-order valence-corrected chi connectivity index (χ1v) is 17.4. The first kappa shape index (κ1) is 30.7. The number of hydrogen-bond donors (Lipinski definition) is 2. The normalized spacial score (nSPS) is 44.1. The van der Waals surface area contributed by atoms with E-state index in [0.717, 1.165) is 44.2 Å². The predicted octanol–water partition coefficient (Wildman–Crippen LogP) is 9.18. The fourth-order valence-electron chi connectivity index (χ4n) is 11.8. The van der Waals surface area contributed by atoms with Crippen LogP contribution in [0.4, 0.5) is 5.69 Å². The average molecular weight is 588 g/mol. The van der Waals surface area contributed by atoms with Crippen LogP contribution in [0.2, 0.25) is 0 Å². The lowest BCUT2D eigenvalue weighted by Crippen LogP contribution is -2.65. The monoisotopic (exact) mass is 587 g/mol. The Kier molecular flexibility index (Phi) is 7.61. The predicted molar refractivity (Wildman–Crippen MR) is 176 cm³/mol. The van der Waals surface area contributed by atoms with Gasteiger partial charge >= 0.3 is 0 Å². The minimum absolute atomic E-state index is 0.0489. The maximum absolute atomic E-state index is 14.3. The first-order valence-electron chi connectivity index (χ1n) is 17.4. The second-order valence-electron chi connectivity index (χ2n) is 16.4. The lowest BCUT2D eigenvalue weighted by atomic mass is 9.33. The number of anilines is 1. The molecule has 0 aliphatic heterocycles. The zero-order valence-corrected chi connectivity index (χ0v) is 28.2. The summed E-state index contributed by atoms with van der Waals surface area (Å²) in [5, 5.41) is 4.66. The highest BCUT2D eigenvalue weighted by molar-refractivity contribution is 5.90. The Hall–Kier alpha value is -2.30. The van der Waals surface area contributed by atoms with E-state index in [1.54, 1.807) is 5.57 Å². The molecule has 2 N–H and O–H groups in total. The zero-order valence-electron chi connectivity index (χ0n) is 28.2. The van der Waals surface area contributed by atoms with E-state index in [-0.39, 0.29) is 33.0 Å².